The van der Waals surface area contributed by atoms with Gasteiger partial charge in [0.1, 0.15) is 5.75 Å². The van der Waals surface area contributed by atoms with Gasteiger partial charge in [-0.25, -0.2) is 0 Å². The largest absolute Gasteiger partial charge is 0.508 e. The Hall–Kier alpha value is -2.14. The number of phenolic OH excluding ortho intramolecular Hbond substituents is 1. The Bertz CT molecular complexity index is 674. The maximum absolute atomic E-state index is 9.48. The molecule has 2 aromatic heterocycles. The molecule has 0 aliphatic rings. The average Bonchev–Trinajstić information content (AvgIpc) is 3.01. The van der Waals surface area contributed by atoms with Crippen LogP contribution in [0.15, 0.2) is 39.5 Å². The van der Waals surface area contributed by atoms with E-state index in [1.54, 1.807) is 23.5 Å². The Morgan fingerprint density at radius 1 is 1.22 bits per heavy atom. The minimum Gasteiger partial charge on any atom is -0.508 e. The molecule has 90 valence electrons. The molecule has 4 nitrogen and oxygen atoms in total. The van der Waals surface area contributed by atoms with Crippen LogP contribution in [0.3, 0.4) is 0 Å². The van der Waals surface area contributed by atoms with E-state index >= 15 is 0 Å². The van der Waals surface area contributed by atoms with Gasteiger partial charge in [-0.2, -0.15) is 16.3 Å². The standard InChI is InChI=1S/C13H10N2O2S/c1-8-6-9(2-3-11(8)16)13-14-12(15-17-13)10-4-5-18-7-10/h2-7,16H,1H3. The molecule has 1 aromatic carbocycles. The molecule has 0 bridgehead atoms. The first kappa shape index (κ1) is 11.0. The molecular weight excluding hydrogens is 248 g/mol. The highest BCUT2D eigenvalue weighted by Crippen LogP contribution is 2.26. The lowest BCUT2D eigenvalue weighted by molar-refractivity contribution is 0.432. The maximum Gasteiger partial charge on any atom is 0.258 e. The van der Waals surface area contributed by atoms with E-state index in [0.29, 0.717) is 11.7 Å². The van der Waals surface area contributed by atoms with Crippen molar-refractivity contribution in [3.05, 3.63) is 40.6 Å². The number of hydrogen-bond acceptors (Lipinski definition) is 5. The fourth-order valence-electron chi connectivity index (χ4n) is 1.64. The molecule has 0 amide bonds. The van der Waals surface area contributed by atoms with Gasteiger partial charge in [0.25, 0.3) is 5.89 Å². The van der Waals surface area contributed by atoms with Crippen molar-refractivity contribution >= 4 is 11.3 Å². The number of benzene rings is 1. The van der Waals surface area contributed by atoms with Crippen LogP contribution < -0.4 is 0 Å². The predicted molar refractivity (Wildman–Crippen MR) is 69.4 cm³/mol. The van der Waals surface area contributed by atoms with Crippen LogP contribution in [0.5, 0.6) is 5.75 Å². The molecule has 0 unspecified atom stereocenters. The molecular formula is C13H10N2O2S. The van der Waals surface area contributed by atoms with E-state index in [-0.39, 0.29) is 5.75 Å². The van der Waals surface area contributed by atoms with Gasteiger partial charge in [0.15, 0.2) is 0 Å². The van der Waals surface area contributed by atoms with Gasteiger partial charge in [0, 0.05) is 16.5 Å². The highest BCUT2D eigenvalue weighted by Gasteiger charge is 2.11. The Balaban J connectivity index is 2.00. The fraction of sp³-hybridized carbons (Fsp3) is 0.0769. The van der Waals surface area contributed by atoms with Gasteiger partial charge in [-0.15, -0.1) is 0 Å². The molecule has 0 spiro atoms. The summed E-state index contributed by atoms with van der Waals surface area (Å²) in [6.07, 6.45) is 0. The lowest BCUT2D eigenvalue weighted by Gasteiger charge is -1.99. The zero-order chi connectivity index (χ0) is 12.5. The van der Waals surface area contributed by atoms with Gasteiger partial charge in [-0.3, -0.25) is 0 Å². The molecule has 0 fully saturated rings. The van der Waals surface area contributed by atoms with Crippen molar-refractivity contribution < 1.29 is 9.63 Å². The first-order chi connectivity index (χ1) is 8.74. The summed E-state index contributed by atoms with van der Waals surface area (Å²) in [4.78, 5) is 4.34. The summed E-state index contributed by atoms with van der Waals surface area (Å²) < 4.78 is 5.23. The first-order valence-corrected chi connectivity index (χ1v) is 6.34. The molecule has 0 atom stereocenters. The van der Waals surface area contributed by atoms with Crippen LogP contribution in [0.2, 0.25) is 0 Å². The van der Waals surface area contributed by atoms with Crippen LogP contribution in [0.25, 0.3) is 22.8 Å². The third kappa shape index (κ3) is 1.89. The van der Waals surface area contributed by atoms with Crippen molar-refractivity contribution in [2.75, 3.05) is 0 Å². The smallest absolute Gasteiger partial charge is 0.258 e. The minimum absolute atomic E-state index is 0.260. The van der Waals surface area contributed by atoms with E-state index in [0.717, 1.165) is 16.7 Å². The number of nitrogens with zero attached hydrogens (tertiary/aromatic N) is 2. The molecule has 0 aliphatic heterocycles. The highest BCUT2D eigenvalue weighted by atomic mass is 32.1. The van der Waals surface area contributed by atoms with Gasteiger partial charge in [-0.1, -0.05) is 5.16 Å². The van der Waals surface area contributed by atoms with Crippen LogP contribution in [0, 0.1) is 6.92 Å². The summed E-state index contributed by atoms with van der Waals surface area (Å²) in [6, 6.07) is 7.15. The maximum atomic E-state index is 9.48. The third-order valence-electron chi connectivity index (χ3n) is 2.65. The van der Waals surface area contributed by atoms with E-state index < -0.39 is 0 Å². The zero-order valence-corrected chi connectivity index (χ0v) is 10.4. The van der Waals surface area contributed by atoms with Crippen molar-refractivity contribution in [3.63, 3.8) is 0 Å². The topological polar surface area (TPSA) is 59.2 Å². The molecule has 0 saturated carbocycles. The zero-order valence-electron chi connectivity index (χ0n) is 9.62. The van der Waals surface area contributed by atoms with Crippen molar-refractivity contribution in [2.45, 2.75) is 6.92 Å². The minimum atomic E-state index is 0.260. The highest BCUT2D eigenvalue weighted by molar-refractivity contribution is 7.08. The Labute approximate surface area is 108 Å². The van der Waals surface area contributed by atoms with Crippen molar-refractivity contribution in [3.8, 4) is 28.6 Å². The number of thiophene rings is 1. The molecule has 0 saturated heterocycles. The van der Waals surface area contributed by atoms with Crippen molar-refractivity contribution in [1.82, 2.24) is 10.1 Å². The summed E-state index contributed by atoms with van der Waals surface area (Å²) in [5.74, 6) is 1.30. The van der Waals surface area contributed by atoms with E-state index in [1.165, 1.54) is 0 Å². The van der Waals surface area contributed by atoms with Crippen LogP contribution >= 0.6 is 11.3 Å². The number of aromatic nitrogens is 2. The van der Waals surface area contributed by atoms with Gasteiger partial charge in [-0.05, 0) is 42.1 Å². The quantitative estimate of drug-likeness (QED) is 0.764. The second-order valence-electron chi connectivity index (χ2n) is 3.94. The molecule has 3 rings (SSSR count). The van der Waals surface area contributed by atoms with Crippen LogP contribution in [0.1, 0.15) is 5.56 Å². The average molecular weight is 258 g/mol. The first-order valence-electron chi connectivity index (χ1n) is 5.40. The van der Waals surface area contributed by atoms with E-state index in [4.69, 9.17) is 4.52 Å². The van der Waals surface area contributed by atoms with Crippen molar-refractivity contribution in [1.29, 1.82) is 0 Å². The predicted octanol–water partition coefficient (Wildman–Crippen LogP) is 3.48. The summed E-state index contributed by atoms with van der Waals surface area (Å²) in [5.41, 5.74) is 2.53. The summed E-state index contributed by atoms with van der Waals surface area (Å²) in [5, 5.41) is 17.4. The van der Waals surface area contributed by atoms with Crippen LogP contribution in [0.4, 0.5) is 0 Å². The molecule has 1 N–H and O–H groups in total. The van der Waals surface area contributed by atoms with E-state index in [1.807, 2.05) is 29.8 Å². The summed E-state index contributed by atoms with van der Waals surface area (Å²) in [7, 11) is 0. The van der Waals surface area contributed by atoms with Gasteiger partial charge < -0.3 is 9.63 Å². The van der Waals surface area contributed by atoms with Crippen LogP contribution in [-0.4, -0.2) is 15.2 Å². The van der Waals surface area contributed by atoms with Gasteiger partial charge >= 0.3 is 0 Å². The molecule has 0 radical (unpaired) electrons. The number of rotatable bonds is 2. The monoisotopic (exact) mass is 258 g/mol. The molecule has 2 heterocycles. The summed E-state index contributed by atoms with van der Waals surface area (Å²) in [6.45, 7) is 1.83. The molecule has 5 heteroatoms. The number of phenols is 1. The number of aryl methyl sites for hydroxylation is 1. The second kappa shape index (κ2) is 4.27. The SMILES string of the molecule is Cc1cc(-c2nc(-c3ccsc3)no2)ccc1O. The molecule has 0 aliphatic carbocycles. The fourth-order valence-corrected chi connectivity index (χ4v) is 2.27. The van der Waals surface area contributed by atoms with Crippen LogP contribution in [-0.2, 0) is 0 Å². The second-order valence-corrected chi connectivity index (χ2v) is 4.72. The molecule has 18 heavy (non-hydrogen) atoms. The lowest BCUT2D eigenvalue weighted by Crippen LogP contribution is -1.81. The summed E-state index contributed by atoms with van der Waals surface area (Å²) >= 11 is 1.59. The van der Waals surface area contributed by atoms with Crippen molar-refractivity contribution in [2.24, 2.45) is 0 Å². The number of hydrogen-bond donors (Lipinski definition) is 1. The lowest BCUT2D eigenvalue weighted by atomic mass is 10.1. The normalized spacial score (nSPS) is 10.7. The van der Waals surface area contributed by atoms with E-state index in [2.05, 4.69) is 10.1 Å². The van der Waals surface area contributed by atoms with Gasteiger partial charge in [0.05, 0.1) is 0 Å². The Morgan fingerprint density at radius 2 is 2.11 bits per heavy atom. The Morgan fingerprint density at radius 3 is 2.83 bits per heavy atom. The third-order valence-corrected chi connectivity index (χ3v) is 3.33. The Kier molecular flexibility index (Phi) is 2.60. The van der Waals surface area contributed by atoms with E-state index in [9.17, 15) is 5.11 Å². The van der Waals surface area contributed by atoms with Gasteiger partial charge in [0.2, 0.25) is 5.82 Å². The molecule has 3 aromatic rings. The number of aromatic hydroxyl groups is 1.